The zero-order valence-corrected chi connectivity index (χ0v) is 12.4. The molecule has 0 radical (unpaired) electrons. The summed E-state index contributed by atoms with van der Waals surface area (Å²) in [4.78, 5) is 0. The molecule has 0 saturated heterocycles. The molecule has 0 aromatic heterocycles. The van der Waals surface area contributed by atoms with E-state index in [2.05, 4.69) is 15.9 Å². The van der Waals surface area contributed by atoms with Gasteiger partial charge < -0.3 is 10.5 Å². The average molecular weight is 347 g/mol. The smallest absolute Gasteiger partial charge is 0.156 e. The molecule has 0 bridgehead atoms. The Morgan fingerprint density at radius 1 is 1.11 bits per heavy atom. The number of ether oxygens (including phenoxy) is 1. The molecule has 2 aromatic rings. The van der Waals surface area contributed by atoms with Gasteiger partial charge in [-0.1, -0.05) is 51.3 Å². The van der Waals surface area contributed by atoms with Gasteiger partial charge in [0.2, 0.25) is 0 Å². The van der Waals surface area contributed by atoms with E-state index >= 15 is 0 Å². The van der Waals surface area contributed by atoms with Gasteiger partial charge in [-0.25, -0.2) is 0 Å². The van der Waals surface area contributed by atoms with Crippen molar-refractivity contribution in [2.45, 2.75) is 6.61 Å². The minimum Gasteiger partial charge on any atom is -0.486 e. The van der Waals surface area contributed by atoms with Crippen LogP contribution in [0.5, 0.6) is 5.75 Å². The van der Waals surface area contributed by atoms with Crippen molar-refractivity contribution in [3.8, 4) is 5.75 Å². The van der Waals surface area contributed by atoms with E-state index in [0.29, 0.717) is 28.1 Å². The molecule has 0 aliphatic carbocycles. The fourth-order valence-corrected chi connectivity index (χ4v) is 2.47. The number of halogens is 3. The maximum Gasteiger partial charge on any atom is 0.156 e. The molecule has 0 aliphatic heterocycles. The number of nitrogen functional groups attached to an aromatic ring is 1. The lowest BCUT2D eigenvalue weighted by Crippen LogP contribution is -1.98. The molecule has 0 heterocycles. The van der Waals surface area contributed by atoms with Crippen molar-refractivity contribution in [3.05, 3.63) is 56.5 Å². The van der Waals surface area contributed by atoms with Gasteiger partial charge in [-0.3, -0.25) is 0 Å². The van der Waals surface area contributed by atoms with Crippen LogP contribution in [0, 0.1) is 0 Å². The van der Waals surface area contributed by atoms with Gasteiger partial charge >= 0.3 is 0 Å². The Hall–Kier alpha value is -0.900. The molecule has 2 rings (SSSR count). The highest BCUT2D eigenvalue weighted by atomic mass is 79.9. The van der Waals surface area contributed by atoms with Gasteiger partial charge in [-0.2, -0.15) is 0 Å². The van der Waals surface area contributed by atoms with Crippen molar-refractivity contribution in [2.24, 2.45) is 0 Å². The first kappa shape index (κ1) is 13.5. The van der Waals surface area contributed by atoms with E-state index in [4.69, 9.17) is 33.7 Å². The van der Waals surface area contributed by atoms with Crippen molar-refractivity contribution in [1.82, 2.24) is 0 Å². The highest BCUT2D eigenvalue weighted by molar-refractivity contribution is 9.10. The molecule has 0 spiro atoms. The fourth-order valence-electron chi connectivity index (χ4n) is 1.45. The molecule has 0 fully saturated rings. The Kier molecular flexibility index (Phi) is 4.38. The van der Waals surface area contributed by atoms with E-state index in [9.17, 15) is 0 Å². The molecule has 0 amide bonds. The summed E-state index contributed by atoms with van der Waals surface area (Å²) in [5.41, 5.74) is 7.34. The topological polar surface area (TPSA) is 35.2 Å². The first-order valence-corrected chi connectivity index (χ1v) is 6.73. The summed E-state index contributed by atoms with van der Waals surface area (Å²) in [5, 5.41) is 0.989. The number of para-hydroxylation sites is 1. The second kappa shape index (κ2) is 5.83. The number of nitrogens with two attached hydrogens (primary N) is 1. The third-order valence-corrected chi connectivity index (χ3v) is 3.70. The van der Waals surface area contributed by atoms with Gasteiger partial charge in [0.25, 0.3) is 0 Å². The number of rotatable bonds is 3. The minimum absolute atomic E-state index is 0.365. The predicted octanol–water partition coefficient (Wildman–Crippen LogP) is 4.92. The molecule has 0 aliphatic rings. The largest absolute Gasteiger partial charge is 0.486 e. The molecule has 0 saturated carbocycles. The Morgan fingerprint density at radius 3 is 2.39 bits per heavy atom. The monoisotopic (exact) mass is 345 g/mol. The average Bonchev–Trinajstić information content (AvgIpc) is 2.31. The summed E-state index contributed by atoms with van der Waals surface area (Å²) in [6.45, 7) is 0.365. The normalized spacial score (nSPS) is 10.4. The van der Waals surface area contributed by atoms with E-state index < -0.39 is 0 Å². The summed E-state index contributed by atoms with van der Waals surface area (Å²) < 4.78 is 6.53. The van der Waals surface area contributed by atoms with E-state index in [1.807, 2.05) is 18.2 Å². The van der Waals surface area contributed by atoms with Gasteiger partial charge in [0.15, 0.2) is 5.75 Å². The van der Waals surface area contributed by atoms with Crippen LogP contribution in [0.3, 0.4) is 0 Å². The SMILES string of the molecule is Nc1ccc(COc2c(Cl)cccc2Cl)c(Br)c1. The lowest BCUT2D eigenvalue weighted by molar-refractivity contribution is 0.306. The first-order valence-electron chi connectivity index (χ1n) is 5.18. The second-order valence-electron chi connectivity index (χ2n) is 3.69. The van der Waals surface area contributed by atoms with Crippen LogP contribution in [0.15, 0.2) is 40.9 Å². The van der Waals surface area contributed by atoms with Crippen LogP contribution < -0.4 is 10.5 Å². The molecular formula is C13H10BrCl2NO. The minimum atomic E-state index is 0.365. The van der Waals surface area contributed by atoms with Gasteiger partial charge in [0, 0.05) is 15.7 Å². The van der Waals surface area contributed by atoms with Gasteiger partial charge in [0.1, 0.15) is 6.61 Å². The van der Waals surface area contributed by atoms with E-state index in [0.717, 1.165) is 10.0 Å². The van der Waals surface area contributed by atoms with Crippen molar-refractivity contribution in [1.29, 1.82) is 0 Å². The van der Waals surface area contributed by atoms with Gasteiger partial charge in [0.05, 0.1) is 10.0 Å². The van der Waals surface area contributed by atoms with E-state index in [1.54, 1.807) is 18.2 Å². The maximum atomic E-state index is 6.02. The first-order chi connectivity index (χ1) is 8.58. The zero-order valence-electron chi connectivity index (χ0n) is 9.29. The summed E-state index contributed by atoms with van der Waals surface area (Å²) in [6.07, 6.45) is 0. The van der Waals surface area contributed by atoms with Gasteiger partial charge in [-0.15, -0.1) is 0 Å². The standard InChI is InChI=1S/C13H10BrCl2NO/c14-10-6-9(17)5-4-8(10)7-18-13-11(15)2-1-3-12(13)16/h1-6H,7,17H2. The number of benzene rings is 2. The third-order valence-electron chi connectivity index (χ3n) is 2.37. The van der Waals surface area contributed by atoms with Crippen molar-refractivity contribution in [2.75, 3.05) is 5.73 Å². The molecular weight excluding hydrogens is 337 g/mol. The quantitative estimate of drug-likeness (QED) is 0.801. The van der Waals surface area contributed by atoms with Crippen LogP contribution in [0.2, 0.25) is 10.0 Å². The fraction of sp³-hybridized carbons (Fsp3) is 0.0769. The summed E-state index contributed by atoms with van der Waals surface area (Å²) >= 11 is 15.5. The highest BCUT2D eigenvalue weighted by Gasteiger charge is 2.08. The summed E-state index contributed by atoms with van der Waals surface area (Å²) in [7, 11) is 0. The molecule has 0 unspecified atom stereocenters. The molecule has 0 atom stereocenters. The van der Waals surface area contributed by atoms with Crippen molar-refractivity contribution in [3.63, 3.8) is 0 Å². The van der Waals surface area contributed by atoms with Crippen LogP contribution >= 0.6 is 39.1 Å². The zero-order chi connectivity index (χ0) is 13.1. The Labute approximate surface area is 124 Å². The van der Waals surface area contributed by atoms with Crippen LogP contribution in [0.25, 0.3) is 0 Å². The highest BCUT2D eigenvalue weighted by Crippen LogP contribution is 2.33. The van der Waals surface area contributed by atoms with E-state index in [-0.39, 0.29) is 0 Å². The summed E-state index contributed by atoms with van der Waals surface area (Å²) in [5.74, 6) is 0.490. The molecule has 2 N–H and O–H groups in total. The third kappa shape index (κ3) is 3.10. The molecule has 18 heavy (non-hydrogen) atoms. The van der Waals surface area contributed by atoms with Crippen LogP contribution in [-0.2, 0) is 6.61 Å². The Bertz CT molecular complexity index is 555. The van der Waals surface area contributed by atoms with E-state index in [1.165, 1.54) is 0 Å². The van der Waals surface area contributed by atoms with Gasteiger partial charge in [-0.05, 0) is 24.3 Å². The number of hydrogen-bond donors (Lipinski definition) is 1. The number of hydrogen-bond acceptors (Lipinski definition) is 2. The Balaban J connectivity index is 2.16. The lowest BCUT2D eigenvalue weighted by atomic mass is 10.2. The van der Waals surface area contributed by atoms with Crippen molar-refractivity contribution >= 4 is 44.8 Å². The molecule has 2 aromatic carbocycles. The van der Waals surface area contributed by atoms with Crippen molar-refractivity contribution < 1.29 is 4.74 Å². The molecule has 2 nitrogen and oxygen atoms in total. The Morgan fingerprint density at radius 2 is 1.78 bits per heavy atom. The molecule has 5 heteroatoms. The predicted molar refractivity (Wildman–Crippen MR) is 79.3 cm³/mol. The van der Waals surface area contributed by atoms with Crippen LogP contribution in [0.1, 0.15) is 5.56 Å². The number of anilines is 1. The lowest BCUT2D eigenvalue weighted by Gasteiger charge is -2.11. The summed E-state index contributed by atoms with van der Waals surface area (Å²) in [6, 6.07) is 10.8. The maximum absolute atomic E-state index is 6.02. The van der Waals surface area contributed by atoms with Crippen LogP contribution in [-0.4, -0.2) is 0 Å². The molecule has 94 valence electrons. The second-order valence-corrected chi connectivity index (χ2v) is 5.36. The van der Waals surface area contributed by atoms with Crippen LogP contribution in [0.4, 0.5) is 5.69 Å².